The Morgan fingerprint density at radius 3 is 2.80 bits per heavy atom. The van der Waals surface area contributed by atoms with E-state index in [0.717, 1.165) is 48.7 Å². The number of ether oxygens (including phenoxy) is 2. The zero-order valence-electron chi connectivity index (χ0n) is 20.1. The van der Waals surface area contributed by atoms with E-state index < -0.39 is 12.2 Å². The second-order valence-electron chi connectivity index (χ2n) is 10.1. The predicted molar refractivity (Wildman–Crippen MR) is 133 cm³/mol. The monoisotopic (exact) mass is 500 g/mol. The van der Waals surface area contributed by atoms with Gasteiger partial charge >= 0.3 is 0 Å². The van der Waals surface area contributed by atoms with E-state index >= 15 is 0 Å². The molecule has 3 heterocycles. The summed E-state index contributed by atoms with van der Waals surface area (Å²) in [6.07, 6.45) is 2.10. The number of piperidine rings is 1. The summed E-state index contributed by atoms with van der Waals surface area (Å²) >= 11 is 6.15. The van der Waals surface area contributed by atoms with Crippen LogP contribution >= 0.6 is 11.6 Å². The van der Waals surface area contributed by atoms with Crippen molar-refractivity contribution in [2.24, 2.45) is 0 Å². The number of aryl methyl sites for hydroxylation is 1. The van der Waals surface area contributed by atoms with E-state index in [1.165, 1.54) is 5.56 Å². The summed E-state index contributed by atoms with van der Waals surface area (Å²) in [5.74, 6) is 1.30. The van der Waals surface area contributed by atoms with E-state index in [4.69, 9.17) is 21.1 Å². The molecular formula is C27H33ClN2O5. The highest BCUT2D eigenvalue weighted by Crippen LogP contribution is 2.42. The van der Waals surface area contributed by atoms with E-state index in [1.54, 1.807) is 11.0 Å². The molecule has 3 aliphatic heterocycles. The second kappa shape index (κ2) is 9.97. The average molecular weight is 501 g/mol. The number of para-hydroxylation sites is 1. The number of rotatable bonds is 6. The SMILES string of the molecule is Cc1cccc(C(=O)N2CC[C@H](O)C2)c1OC[C@@H](O)CN1CCC2(CC1)Cc1cc(Cl)ccc1O2. The number of likely N-dealkylation sites (tertiary alicyclic amines) is 2. The van der Waals surface area contributed by atoms with Gasteiger partial charge in [0.15, 0.2) is 0 Å². The molecule has 0 radical (unpaired) electrons. The first-order valence-electron chi connectivity index (χ1n) is 12.4. The normalized spacial score (nSPS) is 22.2. The van der Waals surface area contributed by atoms with Crippen molar-refractivity contribution in [1.29, 1.82) is 0 Å². The van der Waals surface area contributed by atoms with E-state index in [0.29, 0.717) is 37.4 Å². The van der Waals surface area contributed by atoms with E-state index in [9.17, 15) is 15.0 Å². The topological polar surface area (TPSA) is 82.5 Å². The average Bonchev–Trinajstić information content (AvgIpc) is 3.42. The highest BCUT2D eigenvalue weighted by Gasteiger charge is 2.42. The van der Waals surface area contributed by atoms with Crippen LogP contribution in [0.3, 0.4) is 0 Å². The maximum absolute atomic E-state index is 13.0. The number of hydrogen-bond donors (Lipinski definition) is 2. The molecule has 0 saturated carbocycles. The Bertz CT molecular complexity index is 1090. The maximum Gasteiger partial charge on any atom is 0.257 e. The third-order valence-electron chi connectivity index (χ3n) is 7.41. The van der Waals surface area contributed by atoms with Crippen LogP contribution in [0.1, 0.15) is 40.7 Å². The smallest absolute Gasteiger partial charge is 0.257 e. The number of amides is 1. The molecule has 1 amide bonds. The number of aliphatic hydroxyl groups is 2. The number of hydrogen-bond acceptors (Lipinski definition) is 6. The van der Waals surface area contributed by atoms with Gasteiger partial charge in [0.05, 0.1) is 11.7 Å². The molecule has 8 heteroatoms. The van der Waals surface area contributed by atoms with E-state index in [2.05, 4.69) is 4.90 Å². The Kier molecular flexibility index (Phi) is 6.95. The summed E-state index contributed by atoms with van der Waals surface area (Å²) in [7, 11) is 0. The van der Waals surface area contributed by atoms with Gasteiger partial charge in [-0.25, -0.2) is 0 Å². The Balaban J connectivity index is 1.14. The minimum atomic E-state index is -0.680. The van der Waals surface area contributed by atoms with Crippen LogP contribution in [0.2, 0.25) is 5.02 Å². The number of nitrogens with zero attached hydrogens (tertiary/aromatic N) is 2. The molecule has 2 fully saturated rings. The number of β-amino-alcohol motifs (C(OH)–C–C–N with tert-alkyl or cyclic N) is 2. The standard InChI is InChI=1S/C27H33ClN2O5/c1-18-3-2-4-23(26(33)30-10-7-21(31)16-30)25(18)34-17-22(32)15-29-11-8-27(9-12-29)14-19-13-20(28)5-6-24(19)35-27/h2-6,13,21-22,31-32H,7-12,14-17H2,1H3/t21-,22-/m0/s1. The van der Waals surface area contributed by atoms with Gasteiger partial charge in [-0.05, 0) is 48.7 Å². The summed E-state index contributed by atoms with van der Waals surface area (Å²) in [4.78, 5) is 16.9. The van der Waals surface area contributed by atoms with Gasteiger partial charge in [-0.2, -0.15) is 0 Å². The first-order valence-corrected chi connectivity index (χ1v) is 12.8. The molecule has 2 aromatic carbocycles. The molecule has 3 aliphatic rings. The third-order valence-corrected chi connectivity index (χ3v) is 7.65. The van der Waals surface area contributed by atoms with Crippen LogP contribution in [-0.4, -0.2) is 83.1 Å². The second-order valence-corrected chi connectivity index (χ2v) is 10.6. The molecule has 0 unspecified atom stereocenters. The quantitative estimate of drug-likeness (QED) is 0.634. The van der Waals surface area contributed by atoms with Crippen LogP contribution in [0.15, 0.2) is 36.4 Å². The lowest BCUT2D eigenvalue weighted by molar-refractivity contribution is -0.00206. The van der Waals surface area contributed by atoms with Crippen LogP contribution in [0.5, 0.6) is 11.5 Å². The molecule has 0 aromatic heterocycles. The summed E-state index contributed by atoms with van der Waals surface area (Å²) in [6.45, 7) is 5.06. The number of carbonyl (C=O) groups is 1. The lowest BCUT2D eigenvalue weighted by atomic mass is 9.87. The Morgan fingerprint density at radius 2 is 2.06 bits per heavy atom. The fourth-order valence-corrected chi connectivity index (χ4v) is 5.66. The lowest BCUT2D eigenvalue weighted by Crippen LogP contribution is -2.49. The van der Waals surface area contributed by atoms with Crippen molar-refractivity contribution in [1.82, 2.24) is 9.80 Å². The molecule has 2 saturated heterocycles. The van der Waals surface area contributed by atoms with Crippen LogP contribution in [-0.2, 0) is 6.42 Å². The van der Waals surface area contributed by atoms with Crippen molar-refractivity contribution in [3.05, 3.63) is 58.1 Å². The van der Waals surface area contributed by atoms with E-state index in [1.807, 2.05) is 37.3 Å². The fourth-order valence-electron chi connectivity index (χ4n) is 5.46. The van der Waals surface area contributed by atoms with Gasteiger partial charge in [0.1, 0.15) is 29.8 Å². The maximum atomic E-state index is 13.0. The Labute approximate surface area is 211 Å². The van der Waals surface area contributed by atoms with Crippen molar-refractivity contribution in [3.63, 3.8) is 0 Å². The molecule has 2 aromatic rings. The predicted octanol–water partition coefficient (Wildman–Crippen LogP) is 3.06. The molecular weight excluding hydrogens is 468 g/mol. The molecule has 0 bridgehead atoms. The largest absolute Gasteiger partial charge is 0.490 e. The van der Waals surface area contributed by atoms with Crippen LogP contribution in [0, 0.1) is 6.92 Å². The van der Waals surface area contributed by atoms with Gasteiger partial charge in [-0.15, -0.1) is 0 Å². The number of halogens is 1. The van der Waals surface area contributed by atoms with Gasteiger partial charge in [-0.1, -0.05) is 23.7 Å². The fraction of sp³-hybridized carbons (Fsp3) is 0.519. The van der Waals surface area contributed by atoms with Crippen LogP contribution in [0.25, 0.3) is 0 Å². The molecule has 1 spiro atoms. The first-order chi connectivity index (χ1) is 16.8. The number of benzene rings is 2. The van der Waals surface area contributed by atoms with Crippen LogP contribution < -0.4 is 9.47 Å². The molecule has 2 atom stereocenters. The summed E-state index contributed by atoms with van der Waals surface area (Å²) < 4.78 is 12.3. The molecule has 5 rings (SSSR count). The van der Waals surface area contributed by atoms with Crippen molar-refractivity contribution >= 4 is 17.5 Å². The summed E-state index contributed by atoms with van der Waals surface area (Å²) in [5.41, 5.74) is 2.32. The third kappa shape index (κ3) is 5.28. The number of fused-ring (bicyclic) bond motifs is 1. The summed E-state index contributed by atoms with van der Waals surface area (Å²) in [6, 6.07) is 11.3. The number of aliphatic hydroxyl groups excluding tert-OH is 2. The van der Waals surface area contributed by atoms with Crippen molar-refractivity contribution < 1.29 is 24.5 Å². The van der Waals surface area contributed by atoms with E-state index in [-0.39, 0.29) is 18.1 Å². The molecule has 7 nitrogen and oxygen atoms in total. The zero-order valence-corrected chi connectivity index (χ0v) is 20.8. The minimum absolute atomic E-state index is 0.107. The molecule has 0 aliphatic carbocycles. The zero-order chi connectivity index (χ0) is 24.6. The molecule has 2 N–H and O–H groups in total. The van der Waals surface area contributed by atoms with Crippen molar-refractivity contribution in [3.8, 4) is 11.5 Å². The minimum Gasteiger partial charge on any atom is -0.490 e. The van der Waals surface area contributed by atoms with Gasteiger partial charge in [0, 0.05) is 57.0 Å². The van der Waals surface area contributed by atoms with Crippen LogP contribution in [0.4, 0.5) is 0 Å². The molecule has 188 valence electrons. The van der Waals surface area contributed by atoms with Gasteiger partial charge in [-0.3, -0.25) is 4.79 Å². The Hall–Kier alpha value is -2.32. The molecule has 35 heavy (non-hydrogen) atoms. The highest BCUT2D eigenvalue weighted by atomic mass is 35.5. The van der Waals surface area contributed by atoms with Crippen molar-refractivity contribution in [2.45, 2.75) is 50.4 Å². The van der Waals surface area contributed by atoms with Gasteiger partial charge in [0.2, 0.25) is 0 Å². The van der Waals surface area contributed by atoms with Gasteiger partial charge in [0.25, 0.3) is 5.91 Å². The number of carbonyl (C=O) groups excluding carboxylic acids is 1. The first kappa shape index (κ1) is 24.4. The van der Waals surface area contributed by atoms with Gasteiger partial charge < -0.3 is 29.5 Å². The Morgan fingerprint density at radius 1 is 1.26 bits per heavy atom. The lowest BCUT2D eigenvalue weighted by Gasteiger charge is -2.39. The summed E-state index contributed by atoms with van der Waals surface area (Å²) in [5, 5.41) is 21.3. The highest BCUT2D eigenvalue weighted by molar-refractivity contribution is 6.30. The van der Waals surface area contributed by atoms with Crippen molar-refractivity contribution in [2.75, 3.05) is 39.3 Å².